The molecule has 1 N–H and O–H groups in total. The van der Waals surface area contributed by atoms with E-state index in [0.29, 0.717) is 5.92 Å². The topological polar surface area (TPSA) is 23.5 Å². The van der Waals surface area contributed by atoms with Crippen LogP contribution in [0.25, 0.3) is 0 Å². The molecule has 88 valence electrons. The van der Waals surface area contributed by atoms with E-state index in [0.717, 1.165) is 25.4 Å². The van der Waals surface area contributed by atoms with Crippen LogP contribution in [-0.2, 0) is 0 Å². The van der Waals surface area contributed by atoms with Crippen molar-refractivity contribution in [3.63, 3.8) is 0 Å². The summed E-state index contributed by atoms with van der Waals surface area (Å²) in [7, 11) is 2.13. The fraction of sp³-hybridized carbons (Fsp3) is 1.00. The highest BCUT2D eigenvalue weighted by Gasteiger charge is 2.40. The summed E-state index contributed by atoms with van der Waals surface area (Å²) < 4.78 is 0. The number of hydrogen-bond acceptors (Lipinski definition) is 2. The van der Waals surface area contributed by atoms with Gasteiger partial charge in [0.25, 0.3) is 0 Å². The Labute approximate surface area is 93.7 Å². The summed E-state index contributed by atoms with van der Waals surface area (Å²) in [6, 6.07) is 0. The first kappa shape index (κ1) is 11.4. The molecule has 1 aliphatic heterocycles. The summed E-state index contributed by atoms with van der Waals surface area (Å²) in [6.07, 6.45) is 7.31. The molecule has 1 saturated heterocycles. The number of likely N-dealkylation sites (tertiary alicyclic amines) is 1. The van der Waals surface area contributed by atoms with Crippen LogP contribution >= 0.6 is 0 Å². The van der Waals surface area contributed by atoms with Crippen molar-refractivity contribution in [1.29, 1.82) is 0 Å². The number of aliphatic hydroxyl groups is 1. The van der Waals surface area contributed by atoms with Gasteiger partial charge < -0.3 is 10.0 Å². The predicted octanol–water partition coefficient (Wildman–Crippen LogP) is 2.27. The first-order valence-corrected chi connectivity index (χ1v) is 6.51. The lowest BCUT2D eigenvalue weighted by molar-refractivity contribution is -0.0820. The maximum Gasteiger partial charge on any atom is 0.0802 e. The molecule has 2 nitrogen and oxygen atoms in total. The molecule has 0 radical (unpaired) electrons. The Kier molecular flexibility index (Phi) is 3.36. The fourth-order valence-electron chi connectivity index (χ4n) is 3.41. The van der Waals surface area contributed by atoms with E-state index in [2.05, 4.69) is 18.9 Å². The molecular formula is C13H25NO. The maximum absolute atomic E-state index is 10.7. The highest BCUT2D eigenvalue weighted by atomic mass is 16.3. The van der Waals surface area contributed by atoms with Crippen molar-refractivity contribution in [3.8, 4) is 0 Å². The number of rotatable bonds is 1. The van der Waals surface area contributed by atoms with Gasteiger partial charge in [-0.25, -0.2) is 0 Å². The normalized spacial score (nSPS) is 44.2. The van der Waals surface area contributed by atoms with Crippen molar-refractivity contribution < 1.29 is 5.11 Å². The Morgan fingerprint density at radius 3 is 2.47 bits per heavy atom. The highest BCUT2D eigenvalue weighted by molar-refractivity contribution is 4.93. The van der Waals surface area contributed by atoms with Gasteiger partial charge in [-0.1, -0.05) is 19.8 Å². The predicted molar refractivity (Wildman–Crippen MR) is 62.8 cm³/mol. The van der Waals surface area contributed by atoms with Gasteiger partial charge in [-0.2, -0.15) is 0 Å². The zero-order valence-electron chi connectivity index (χ0n) is 10.2. The Morgan fingerprint density at radius 2 is 1.87 bits per heavy atom. The van der Waals surface area contributed by atoms with E-state index in [4.69, 9.17) is 0 Å². The monoisotopic (exact) mass is 211 g/mol. The third-order valence-corrected chi connectivity index (χ3v) is 4.47. The average Bonchev–Trinajstić information content (AvgIpc) is 2.18. The van der Waals surface area contributed by atoms with Gasteiger partial charge in [0, 0.05) is 6.54 Å². The zero-order chi connectivity index (χ0) is 10.9. The molecular weight excluding hydrogens is 186 g/mol. The van der Waals surface area contributed by atoms with Crippen molar-refractivity contribution in [2.24, 2.45) is 11.8 Å². The van der Waals surface area contributed by atoms with E-state index in [1.807, 2.05) is 0 Å². The van der Waals surface area contributed by atoms with Crippen molar-refractivity contribution in [2.45, 2.75) is 51.0 Å². The second kappa shape index (κ2) is 4.42. The lowest BCUT2D eigenvalue weighted by Gasteiger charge is -2.45. The highest BCUT2D eigenvalue weighted by Crippen LogP contribution is 2.39. The maximum atomic E-state index is 10.7. The number of nitrogens with zero attached hydrogens (tertiary/aromatic N) is 1. The quantitative estimate of drug-likeness (QED) is 0.719. The van der Waals surface area contributed by atoms with Gasteiger partial charge in [0.05, 0.1) is 5.60 Å². The Hall–Kier alpha value is -0.0800. The fourth-order valence-corrected chi connectivity index (χ4v) is 3.41. The lowest BCUT2D eigenvalue weighted by atomic mass is 9.71. The molecule has 1 heterocycles. The molecule has 0 spiro atoms. The molecule has 15 heavy (non-hydrogen) atoms. The summed E-state index contributed by atoms with van der Waals surface area (Å²) >= 11 is 0. The minimum absolute atomic E-state index is 0.368. The van der Waals surface area contributed by atoms with Gasteiger partial charge in [0.1, 0.15) is 0 Å². The summed E-state index contributed by atoms with van der Waals surface area (Å²) in [5.41, 5.74) is -0.368. The number of hydrogen-bond donors (Lipinski definition) is 1. The van der Waals surface area contributed by atoms with Gasteiger partial charge in [-0.05, 0) is 51.1 Å². The van der Waals surface area contributed by atoms with Crippen LogP contribution < -0.4 is 0 Å². The van der Waals surface area contributed by atoms with E-state index in [1.165, 1.54) is 32.1 Å². The second-order valence-corrected chi connectivity index (χ2v) is 5.90. The van der Waals surface area contributed by atoms with Crippen LogP contribution in [0.2, 0.25) is 0 Å². The standard InChI is InChI=1S/C13H25NO/c1-11-4-6-12(7-5-11)13(15)8-3-9-14(2)10-13/h11-12,15H,3-10H2,1-2H3. The molecule has 1 unspecified atom stereocenters. The van der Waals surface area contributed by atoms with E-state index < -0.39 is 0 Å². The third kappa shape index (κ3) is 2.54. The van der Waals surface area contributed by atoms with Crippen molar-refractivity contribution >= 4 is 0 Å². The van der Waals surface area contributed by atoms with Crippen LogP contribution in [0, 0.1) is 11.8 Å². The molecule has 0 aromatic rings. The van der Waals surface area contributed by atoms with Gasteiger partial charge >= 0.3 is 0 Å². The molecule has 1 aliphatic carbocycles. The van der Waals surface area contributed by atoms with E-state index in [1.54, 1.807) is 0 Å². The minimum atomic E-state index is -0.368. The molecule has 0 amide bonds. The SMILES string of the molecule is CC1CCC(C2(O)CCCN(C)C2)CC1. The summed E-state index contributed by atoms with van der Waals surface area (Å²) in [5, 5.41) is 10.7. The minimum Gasteiger partial charge on any atom is -0.388 e. The van der Waals surface area contributed by atoms with Crippen LogP contribution in [-0.4, -0.2) is 35.7 Å². The van der Waals surface area contributed by atoms with Crippen LogP contribution in [0.3, 0.4) is 0 Å². The second-order valence-electron chi connectivity index (χ2n) is 5.90. The van der Waals surface area contributed by atoms with Crippen LogP contribution in [0.15, 0.2) is 0 Å². The third-order valence-electron chi connectivity index (χ3n) is 4.47. The van der Waals surface area contributed by atoms with Crippen molar-refractivity contribution in [3.05, 3.63) is 0 Å². The van der Waals surface area contributed by atoms with Gasteiger partial charge in [-0.3, -0.25) is 0 Å². The van der Waals surface area contributed by atoms with Crippen LogP contribution in [0.4, 0.5) is 0 Å². The van der Waals surface area contributed by atoms with Crippen molar-refractivity contribution in [2.75, 3.05) is 20.1 Å². The van der Waals surface area contributed by atoms with Crippen LogP contribution in [0.1, 0.15) is 45.4 Å². The molecule has 0 bridgehead atoms. The first-order chi connectivity index (χ1) is 7.10. The Morgan fingerprint density at radius 1 is 1.20 bits per heavy atom. The summed E-state index contributed by atoms with van der Waals surface area (Å²) in [5.74, 6) is 1.45. The largest absolute Gasteiger partial charge is 0.388 e. The molecule has 2 aliphatic rings. The van der Waals surface area contributed by atoms with E-state index in [9.17, 15) is 5.11 Å². The smallest absolute Gasteiger partial charge is 0.0802 e. The molecule has 0 aromatic carbocycles. The number of likely N-dealkylation sites (N-methyl/N-ethyl adjacent to an activating group) is 1. The molecule has 1 saturated carbocycles. The Balaban J connectivity index is 1.95. The van der Waals surface area contributed by atoms with Gasteiger partial charge in [-0.15, -0.1) is 0 Å². The molecule has 2 fully saturated rings. The van der Waals surface area contributed by atoms with Crippen molar-refractivity contribution in [1.82, 2.24) is 4.90 Å². The van der Waals surface area contributed by atoms with Gasteiger partial charge in [0.2, 0.25) is 0 Å². The van der Waals surface area contributed by atoms with Gasteiger partial charge in [0.15, 0.2) is 0 Å². The van der Waals surface area contributed by atoms with E-state index in [-0.39, 0.29) is 5.60 Å². The molecule has 2 heteroatoms. The Bertz CT molecular complexity index is 211. The zero-order valence-corrected chi connectivity index (χ0v) is 10.2. The molecule has 2 rings (SSSR count). The number of piperidine rings is 1. The lowest BCUT2D eigenvalue weighted by Crippen LogP contribution is -2.52. The first-order valence-electron chi connectivity index (χ1n) is 6.51. The molecule has 1 atom stereocenters. The van der Waals surface area contributed by atoms with E-state index >= 15 is 0 Å². The molecule has 0 aromatic heterocycles. The summed E-state index contributed by atoms with van der Waals surface area (Å²) in [4.78, 5) is 2.29. The number of β-amino-alcohol motifs (C(OH)–C–C–N with tert-alkyl or cyclic N) is 1. The van der Waals surface area contributed by atoms with Crippen LogP contribution in [0.5, 0.6) is 0 Å². The summed E-state index contributed by atoms with van der Waals surface area (Å²) in [6.45, 7) is 4.39. The average molecular weight is 211 g/mol.